The van der Waals surface area contributed by atoms with Crippen LogP contribution in [-0.2, 0) is 6.42 Å². The Morgan fingerprint density at radius 1 is 1.11 bits per heavy atom. The summed E-state index contributed by atoms with van der Waals surface area (Å²) in [5, 5.41) is 11.0. The lowest BCUT2D eigenvalue weighted by Crippen LogP contribution is -2.06. The van der Waals surface area contributed by atoms with E-state index < -0.39 is 0 Å². The van der Waals surface area contributed by atoms with Crippen LogP contribution in [0.25, 0.3) is 11.0 Å². The van der Waals surface area contributed by atoms with E-state index >= 15 is 0 Å². The highest BCUT2D eigenvalue weighted by Crippen LogP contribution is 2.46. The summed E-state index contributed by atoms with van der Waals surface area (Å²) in [6.07, 6.45) is 2.08. The van der Waals surface area contributed by atoms with Crippen LogP contribution in [0.2, 0.25) is 0 Å². The largest absolute Gasteiger partial charge is 0.506 e. The zero-order valence-electron chi connectivity index (χ0n) is 14.9. The first kappa shape index (κ1) is 17.1. The molecule has 0 amide bonds. The van der Waals surface area contributed by atoms with Crippen molar-refractivity contribution in [3.63, 3.8) is 0 Å². The molecule has 0 unspecified atom stereocenters. The third-order valence-electron chi connectivity index (χ3n) is 4.56. The third-order valence-corrected chi connectivity index (χ3v) is 4.56. The lowest BCUT2D eigenvalue weighted by Gasteiger charge is -2.14. The number of methoxy groups -OCH3 is 2. The van der Waals surface area contributed by atoms with Crippen LogP contribution in [-0.4, -0.2) is 31.9 Å². The van der Waals surface area contributed by atoms with Gasteiger partial charge >= 0.3 is 0 Å². The van der Waals surface area contributed by atoms with E-state index in [0.29, 0.717) is 28.9 Å². The van der Waals surface area contributed by atoms with Crippen LogP contribution in [0.15, 0.2) is 34.9 Å². The minimum Gasteiger partial charge on any atom is -0.506 e. The molecule has 0 aliphatic carbocycles. The minimum atomic E-state index is -0.261. The molecule has 3 aromatic rings. The molecule has 2 aromatic carbocycles. The predicted octanol–water partition coefficient (Wildman–Crippen LogP) is 3.70. The van der Waals surface area contributed by atoms with E-state index in [0.717, 1.165) is 5.56 Å². The second kappa shape index (κ2) is 6.75. The van der Waals surface area contributed by atoms with Crippen molar-refractivity contribution in [2.24, 2.45) is 0 Å². The second-order valence-corrected chi connectivity index (χ2v) is 6.06. The van der Waals surface area contributed by atoms with Crippen LogP contribution in [0.5, 0.6) is 28.7 Å². The number of fused-ring (bicyclic) bond motifs is 2. The summed E-state index contributed by atoms with van der Waals surface area (Å²) in [5.74, 6) is 1.37. The molecule has 1 N–H and O–H groups in total. The van der Waals surface area contributed by atoms with Gasteiger partial charge in [-0.25, -0.2) is 0 Å². The Hall–Kier alpha value is -3.35. The highest BCUT2D eigenvalue weighted by molar-refractivity contribution is 6.09. The van der Waals surface area contributed by atoms with Crippen LogP contribution in [0.3, 0.4) is 0 Å². The van der Waals surface area contributed by atoms with Gasteiger partial charge in [0.15, 0.2) is 28.6 Å². The van der Waals surface area contributed by atoms with Gasteiger partial charge in [-0.05, 0) is 30.2 Å². The molecule has 27 heavy (non-hydrogen) atoms. The smallest absolute Gasteiger partial charge is 0.231 e. The Bertz CT molecular complexity index is 1020. The van der Waals surface area contributed by atoms with E-state index in [2.05, 4.69) is 0 Å². The number of aryl methyl sites for hydroxylation is 1. The summed E-state index contributed by atoms with van der Waals surface area (Å²) >= 11 is 0. The Morgan fingerprint density at radius 2 is 1.89 bits per heavy atom. The fourth-order valence-corrected chi connectivity index (χ4v) is 3.25. The number of hydrogen-bond acceptors (Lipinski definition) is 7. The number of phenols is 1. The molecule has 0 saturated heterocycles. The molecular weight excluding hydrogens is 352 g/mol. The summed E-state index contributed by atoms with van der Waals surface area (Å²) in [6, 6.07) is 7.15. The summed E-state index contributed by atoms with van der Waals surface area (Å²) in [6.45, 7) is 0.202. The first-order valence-electron chi connectivity index (χ1n) is 8.40. The fraction of sp³-hybridized carbons (Fsp3) is 0.250. The van der Waals surface area contributed by atoms with Crippen molar-refractivity contribution >= 4 is 16.8 Å². The number of Topliss-reactive ketones (excluding diaryl/α,β-unsaturated/α-hetero) is 1. The van der Waals surface area contributed by atoms with Crippen molar-refractivity contribution in [3.05, 3.63) is 41.7 Å². The number of aromatic hydroxyl groups is 1. The molecule has 0 atom stereocenters. The second-order valence-electron chi connectivity index (χ2n) is 6.06. The lowest BCUT2D eigenvalue weighted by atomic mass is 9.99. The van der Waals surface area contributed by atoms with Gasteiger partial charge < -0.3 is 28.5 Å². The average molecular weight is 370 g/mol. The van der Waals surface area contributed by atoms with Crippen molar-refractivity contribution in [2.75, 3.05) is 21.0 Å². The first-order valence-corrected chi connectivity index (χ1v) is 8.40. The summed E-state index contributed by atoms with van der Waals surface area (Å²) in [4.78, 5) is 12.9. The SMILES string of the molecule is COc1c(C(=O)CCc2ccc3c(c2)OCO3)c(O)c2ccoc2c1OC. The quantitative estimate of drug-likeness (QED) is 0.662. The maximum atomic E-state index is 12.9. The summed E-state index contributed by atoms with van der Waals surface area (Å²) in [7, 11) is 2.87. The van der Waals surface area contributed by atoms with Crippen LogP contribution < -0.4 is 18.9 Å². The number of furan rings is 1. The van der Waals surface area contributed by atoms with Gasteiger partial charge in [0.2, 0.25) is 12.5 Å². The number of carbonyl (C=O) groups is 1. The number of hydrogen-bond donors (Lipinski definition) is 1. The molecular formula is C20H18O7. The number of carbonyl (C=O) groups excluding carboxylic acids is 1. The van der Waals surface area contributed by atoms with Crippen LogP contribution in [0.1, 0.15) is 22.3 Å². The van der Waals surface area contributed by atoms with Crippen molar-refractivity contribution in [3.8, 4) is 28.7 Å². The molecule has 0 spiro atoms. The van der Waals surface area contributed by atoms with Gasteiger partial charge in [-0.1, -0.05) is 6.07 Å². The van der Waals surface area contributed by atoms with Crippen molar-refractivity contribution < 1.29 is 33.3 Å². The van der Waals surface area contributed by atoms with E-state index in [-0.39, 0.29) is 41.8 Å². The first-order chi connectivity index (χ1) is 13.1. The molecule has 0 saturated carbocycles. The van der Waals surface area contributed by atoms with Gasteiger partial charge in [0.05, 0.1) is 25.9 Å². The van der Waals surface area contributed by atoms with Gasteiger partial charge in [0.25, 0.3) is 0 Å². The van der Waals surface area contributed by atoms with Gasteiger partial charge in [-0.15, -0.1) is 0 Å². The minimum absolute atomic E-state index is 0.0870. The number of benzene rings is 2. The maximum absolute atomic E-state index is 12.9. The van der Waals surface area contributed by atoms with Gasteiger partial charge in [-0.2, -0.15) is 0 Å². The zero-order valence-corrected chi connectivity index (χ0v) is 14.9. The van der Waals surface area contributed by atoms with Gasteiger partial charge in [-0.3, -0.25) is 4.79 Å². The third kappa shape index (κ3) is 2.81. The predicted molar refractivity (Wildman–Crippen MR) is 96.2 cm³/mol. The van der Waals surface area contributed by atoms with Crippen LogP contribution >= 0.6 is 0 Å². The van der Waals surface area contributed by atoms with E-state index in [1.807, 2.05) is 18.2 Å². The molecule has 2 heterocycles. The molecule has 1 aliphatic rings. The van der Waals surface area contributed by atoms with Gasteiger partial charge in [0, 0.05) is 6.42 Å². The molecule has 7 nitrogen and oxygen atoms in total. The molecule has 7 heteroatoms. The highest BCUT2D eigenvalue weighted by Gasteiger charge is 2.27. The average Bonchev–Trinajstić information content (AvgIpc) is 3.34. The number of phenolic OH excluding ortho intramolecular Hbond substituents is 1. The summed E-state index contributed by atoms with van der Waals surface area (Å²) in [5.41, 5.74) is 1.35. The number of ether oxygens (including phenoxy) is 4. The van der Waals surface area contributed by atoms with Crippen molar-refractivity contribution in [2.45, 2.75) is 12.8 Å². The highest BCUT2D eigenvalue weighted by atomic mass is 16.7. The Balaban J connectivity index is 1.65. The molecule has 0 fully saturated rings. The topological polar surface area (TPSA) is 87.4 Å². The van der Waals surface area contributed by atoms with E-state index in [1.165, 1.54) is 20.5 Å². The Kier molecular flexibility index (Phi) is 4.27. The zero-order chi connectivity index (χ0) is 19.0. The maximum Gasteiger partial charge on any atom is 0.231 e. The van der Waals surface area contributed by atoms with E-state index in [9.17, 15) is 9.90 Å². The molecule has 0 radical (unpaired) electrons. The molecule has 0 bridgehead atoms. The number of ketones is 1. The van der Waals surface area contributed by atoms with E-state index in [4.69, 9.17) is 23.4 Å². The van der Waals surface area contributed by atoms with Crippen molar-refractivity contribution in [1.82, 2.24) is 0 Å². The summed E-state index contributed by atoms with van der Waals surface area (Å²) < 4.78 is 26.7. The Labute approximate surface area is 155 Å². The number of rotatable bonds is 6. The van der Waals surface area contributed by atoms with Crippen LogP contribution in [0, 0.1) is 0 Å². The standard InChI is InChI=1S/C20H18O7/c1-23-19-16(17(22)12-7-8-25-18(12)20(19)24-2)13(21)5-3-11-4-6-14-15(9-11)27-10-26-14/h4,6-9,22H,3,5,10H2,1-2H3. The van der Waals surface area contributed by atoms with E-state index in [1.54, 1.807) is 6.07 Å². The van der Waals surface area contributed by atoms with Crippen molar-refractivity contribution in [1.29, 1.82) is 0 Å². The fourth-order valence-electron chi connectivity index (χ4n) is 3.25. The van der Waals surface area contributed by atoms with Gasteiger partial charge in [0.1, 0.15) is 11.3 Å². The molecule has 140 valence electrons. The Morgan fingerprint density at radius 3 is 2.67 bits per heavy atom. The monoisotopic (exact) mass is 370 g/mol. The molecule has 1 aliphatic heterocycles. The lowest BCUT2D eigenvalue weighted by molar-refractivity contribution is 0.0976. The molecule has 4 rings (SSSR count). The molecule has 1 aromatic heterocycles. The van der Waals surface area contributed by atoms with Crippen LogP contribution in [0.4, 0.5) is 0 Å². The normalized spacial score (nSPS) is 12.4.